The zero-order valence-electron chi connectivity index (χ0n) is 10.0. The molecule has 0 unspecified atom stereocenters. The van der Waals surface area contributed by atoms with Crippen LogP contribution in [0, 0.1) is 0 Å². The molecule has 3 rings (SSSR count). The van der Waals surface area contributed by atoms with Gasteiger partial charge in [-0.15, -0.1) is 0 Å². The molecule has 0 radical (unpaired) electrons. The standard InChI is InChI=1S/C14H14BNS2/c1-3-7-13(8-4-1)16(15-17-11-12-18-15)14-9-5-2-6-10-14/h1-10H,11-12H2. The third-order valence-corrected chi connectivity index (χ3v) is 5.83. The molecular weight excluding hydrogens is 257 g/mol. The Hall–Kier alpha value is -0.995. The summed E-state index contributed by atoms with van der Waals surface area (Å²) in [5.41, 5.74) is 2.55. The highest BCUT2D eigenvalue weighted by Crippen LogP contribution is 2.38. The summed E-state index contributed by atoms with van der Waals surface area (Å²) in [7, 11) is 0. The number of hydrogen-bond acceptors (Lipinski definition) is 3. The second-order valence-electron chi connectivity index (χ2n) is 4.09. The molecule has 2 aromatic rings. The molecule has 0 aliphatic carbocycles. The second-order valence-corrected chi connectivity index (χ2v) is 6.76. The Morgan fingerprint density at radius 3 is 1.61 bits per heavy atom. The van der Waals surface area contributed by atoms with Crippen molar-refractivity contribution in [3.63, 3.8) is 0 Å². The van der Waals surface area contributed by atoms with E-state index in [4.69, 9.17) is 0 Å². The van der Waals surface area contributed by atoms with Crippen LogP contribution in [0.2, 0.25) is 0 Å². The minimum atomic E-state index is 0.495. The monoisotopic (exact) mass is 271 g/mol. The summed E-state index contributed by atoms with van der Waals surface area (Å²) in [6.45, 7) is 0. The molecule has 90 valence electrons. The summed E-state index contributed by atoms with van der Waals surface area (Å²) < 4.78 is 0. The van der Waals surface area contributed by atoms with E-state index in [-0.39, 0.29) is 0 Å². The fourth-order valence-electron chi connectivity index (χ4n) is 2.06. The molecular formula is C14H14BNS2. The maximum absolute atomic E-state index is 2.43. The molecule has 4 heteroatoms. The van der Waals surface area contributed by atoms with Crippen LogP contribution in [0.3, 0.4) is 0 Å². The summed E-state index contributed by atoms with van der Waals surface area (Å²) in [5, 5.41) is 0.495. The summed E-state index contributed by atoms with van der Waals surface area (Å²) >= 11 is 4.06. The number of rotatable bonds is 3. The Morgan fingerprint density at radius 2 is 1.17 bits per heavy atom. The van der Waals surface area contributed by atoms with Gasteiger partial charge in [-0.25, -0.2) is 0 Å². The van der Waals surface area contributed by atoms with Gasteiger partial charge in [0.25, 0.3) is 0 Å². The molecule has 0 saturated carbocycles. The smallest absolute Gasteiger partial charge is 0.366 e. The molecule has 2 aromatic carbocycles. The van der Waals surface area contributed by atoms with Gasteiger partial charge in [0.2, 0.25) is 0 Å². The largest absolute Gasteiger partial charge is 0.397 e. The fourth-order valence-corrected chi connectivity index (χ4v) is 4.99. The van der Waals surface area contributed by atoms with Crippen LogP contribution >= 0.6 is 23.2 Å². The van der Waals surface area contributed by atoms with Gasteiger partial charge in [-0.1, -0.05) is 36.4 Å². The highest BCUT2D eigenvalue weighted by Gasteiger charge is 2.30. The summed E-state index contributed by atoms with van der Waals surface area (Å²) in [6, 6.07) is 21.3. The normalized spacial score (nSPS) is 14.8. The molecule has 0 atom stereocenters. The van der Waals surface area contributed by atoms with Gasteiger partial charge in [0.1, 0.15) is 0 Å². The Balaban J connectivity index is 1.98. The van der Waals surface area contributed by atoms with Crippen molar-refractivity contribution in [2.45, 2.75) is 0 Å². The molecule has 1 saturated heterocycles. The first kappa shape index (κ1) is 12.1. The van der Waals surface area contributed by atoms with E-state index in [2.05, 4.69) is 65.5 Å². The molecule has 1 aliphatic heterocycles. The zero-order chi connectivity index (χ0) is 12.2. The van der Waals surface area contributed by atoms with Gasteiger partial charge in [-0.2, -0.15) is 23.2 Å². The molecule has 0 bridgehead atoms. The molecule has 0 aromatic heterocycles. The van der Waals surface area contributed by atoms with E-state index in [0.29, 0.717) is 5.40 Å². The Kier molecular flexibility index (Phi) is 3.86. The van der Waals surface area contributed by atoms with E-state index < -0.39 is 0 Å². The van der Waals surface area contributed by atoms with Crippen molar-refractivity contribution in [3.05, 3.63) is 60.7 Å². The Bertz CT molecular complexity index is 446. The third-order valence-electron chi connectivity index (χ3n) is 2.88. The molecule has 1 fully saturated rings. The lowest BCUT2D eigenvalue weighted by molar-refractivity contribution is 1.41. The summed E-state index contributed by atoms with van der Waals surface area (Å²) in [4.78, 5) is 2.43. The van der Waals surface area contributed by atoms with E-state index in [1.165, 1.54) is 22.9 Å². The van der Waals surface area contributed by atoms with E-state index in [0.717, 1.165) is 0 Å². The predicted molar refractivity (Wildman–Crippen MR) is 85.7 cm³/mol. The van der Waals surface area contributed by atoms with Crippen LogP contribution in [-0.2, 0) is 0 Å². The van der Waals surface area contributed by atoms with Gasteiger partial charge >= 0.3 is 5.40 Å². The van der Waals surface area contributed by atoms with Crippen LogP contribution < -0.4 is 4.81 Å². The number of benzene rings is 2. The van der Waals surface area contributed by atoms with E-state index in [1.54, 1.807) is 0 Å². The average Bonchev–Trinajstić information content (AvgIpc) is 2.95. The van der Waals surface area contributed by atoms with E-state index in [1.807, 2.05) is 23.2 Å². The molecule has 1 nitrogen and oxygen atoms in total. The van der Waals surface area contributed by atoms with Crippen molar-refractivity contribution in [3.8, 4) is 0 Å². The number of para-hydroxylation sites is 2. The van der Waals surface area contributed by atoms with Gasteiger partial charge in [0, 0.05) is 11.4 Å². The SMILES string of the molecule is c1ccc(N(B2SCCS2)c2ccccc2)cc1. The Morgan fingerprint density at radius 1 is 0.722 bits per heavy atom. The number of nitrogens with zero attached hydrogens (tertiary/aromatic N) is 1. The van der Waals surface area contributed by atoms with Crippen molar-refractivity contribution in [1.29, 1.82) is 0 Å². The van der Waals surface area contributed by atoms with Crippen molar-refractivity contribution in [2.24, 2.45) is 0 Å². The van der Waals surface area contributed by atoms with Crippen molar-refractivity contribution in [1.82, 2.24) is 0 Å². The van der Waals surface area contributed by atoms with Crippen molar-refractivity contribution < 1.29 is 0 Å². The highest BCUT2D eigenvalue weighted by atomic mass is 32.2. The Labute approximate surface area is 117 Å². The first-order chi connectivity index (χ1) is 8.95. The quantitative estimate of drug-likeness (QED) is 0.767. The summed E-state index contributed by atoms with van der Waals surface area (Å²) in [5.74, 6) is 2.48. The van der Waals surface area contributed by atoms with E-state index in [9.17, 15) is 0 Å². The molecule has 1 aliphatic rings. The molecule has 0 spiro atoms. The number of anilines is 2. The third kappa shape index (κ3) is 2.55. The maximum Gasteiger partial charge on any atom is 0.397 e. The van der Waals surface area contributed by atoms with Crippen LogP contribution in [0.5, 0.6) is 0 Å². The fraction of sp³-hybridized carbons (Fsp3) is 0.143. The van der Waals surface area contributed by atoms with Crippen LogP contribution in [-0.4, -0.2) is 16.9 Å². The highest BCUT2D eigenvalue weighted by molar-refractivity contribution is 8.56. The van der Waals surface area contributed by atoms with Crippen LogP contribution in [0.15, 0.2) is 60.7 Å². The lowest BCUT2D eigenvalue weighted by Crippen LogP contribution is -2.28. The average molecular weight is 271 g/mol. The lowest BCUT2D eigenvalue weighted by Gasteiger charge is -2.27. The van der Waals surface area contributed by atoms with Crippen molar-refractivity contribution >= 4 is 40.0 Å². The van der Waals surface area contributed by atoms with Crippen molar-refractivity contribution in [2.75, 3.05) is 16.3 Å². The zero-order valence-corrected chi connectivity index (χ0v) is 11.7. The topological polar surface area (TPSA) is 3.24 Å². The predicted octanol–water partition coefficient (Wildman–Crippen LogP) is 4.29. The second kappa shape index (κ2) is 5.76. The van der Waals surface area contributed by atoms with Crippen LogP contribution in [0.1, 0.15) is 0 Å². The number of hydrogen-bond donors (Lipinski definition) is 0. The van der Waals surface area contributed by atoms with E-state index >= 15 is 0 Å². The maximum atomic E-state index is 2.43. The minimum absolute atomic E-state index is 0.495. The molecule has 1 heterocycles. The summed E-state index contributed by atoms with van der Waals surface area (Å²) in [6.07, 6.45) is 0. The molecule has 0 amide bonds. The van der Waals surface area contributed by atoms with Crippen LogP contribution in [0.25, 0.3) is 0 Å². The van der Waals surface area contributed by atoms with Crippen LogP contribution in [0.4, 0.5) is 11.4 Å². The first-order valence-electron chi connectivity index (χ1n) is 6.08. The van der Waals surface area contributed by atoms with Gasteiger partial charge in [0.15, 0.2) is 0 Å². The van der Waals surface area contributed by atoms with Gasteiger partial charge < -0.3 is 4.81 Å². The van der Waals surface area contributed by atoms with Gasteiger partial charge in [-0.3, -0.25) is 0 Å². The van der Waals surface area contributed by atoms with Gasteiger partial charge in [0.05, 0.1) is 0 Å². The lowest BCUT2D eigenvalue weighted by atomic mass is 10.1. The first-order valence-corrected chi connectivity index (χ1v) is 8.17. The molecule has 0 N–H and O–H groups in total. The van der Waals surface area contributed by atoms with Gasteiger partial charge in [-0.05, 0) is 35.8 Å². The minimum Gasteiger partial charge on any atom is -0.366 e. The molecule has 18 heavy (non-hydrogen) atoms.